The van der Waals surface area contributed by atoms with Crippen molar-refractivity contribution in [1.82, 2.24) is 0 Å². The van der Waals surface area contributed by atoms with Crippen LogP contribution in [0.4, 0.5) is 0 Å². The SMILES string of the molecule is C=C1C[C@@]23CCC4[C@](C)(C(O)OC5OC(CO)C(O)C(OC6OC(CO)C(O)C(O)C6O)C5OC(O)C(O)C(OC5OC(CO)C(O)C(O)C5O)C(O)C(C)I)CCC[C@@]4(C)[C@@H]2CC[C@]1(OC1OC(CO)C(O)C(OC2OC(CO)C(O)C(O)C2O)C1OC1OC(CO)C(O)C(O)C1O)C3. The van der Waals surface area contributed by atoms with Gasteiger partial charge in [0.2, 0.25) is 0 Å². The molecule has 100 heavy (non-hydrogen) atoms. The van der Waals surface area contributed by atoms with Crippen LogP contribution in [0.5, 0.6) is 0 Å². The summed E-state index contributed by atoms with van der Waals surface area (Å²) in [7, 11) is 0. The van der Waals surface area contributed by atoms with E-state index in [-0.39, 0.29) is 18.8 Å². The standard InChI is InChI=1S/C62H103IO37/c1-20-12-61-10-6-28-59(3,29(61)7-11-62(20,19-61)100-57-50(98-55-44(84)40(80)34(74)25(16-67)91-55)48(36(76)27(18-69)93-57)97-54-43(83)39(79)33(73)24(15-66)90-54)8-5-9-60(28,4)58(87)99-56-49(47(35(75)26(17-68)92-56)96-53-42(82)38(78)32(72)23(14-65)89-53)94-51(86)45(85)46(30(70)21(2)63)95-52-41(81)37(77)31(71)22(13-64)88-52/h21-58,64-87H,1,5-19H2,2-4H3/t21?,22?,23?,24?,25?,26?,27?,28?,29-,30?,31?,32?,33?,34?,35?,36?,37?,38?,39?,40?,41?,42?,43?,44?,45?,46?,47?,48?,49?,50?,51?,52?,53?,54?,55?,56?,57?,58?,59+,60+,61+,62-/m0/s1. The van der Waals surface area contributed by atoms with E-state index in [1.807, 2.05) is 0 Å². The first kappa shape index (κ1) is 81.5. The van der Waals surface area contributed by atoms with Gasteiger partial charge in [-0.15, -0.1) is 0 Å². The summed E-state index contributed by atoms with van der Waals surface area (Å²) in [5, 5.41) is 264. The smallest absolute Gasteiger partial charge is 0.190 e. The summed E-state index contributed by atoms with van der Waals surface area (Å²) in [6.07, 6.45) is -64.0. The third kappa shape index (κ3) is 15.1. The van der Waals surface area contributed by atoms with Gasteiger partial charge in [0.25, 0.3) is 0 Å². The largest absolute Gasteiger partial charge is 0.394 e. The maximum atomic E-state index is 12.9. The first-order valence-electron chi connectivity index (χ1n) is 33.9. The molecule has 42 atom stereocenters. The van der Waals surface area contributed by atoms with Crippen LogP contribution in [-0.2, 0) is 61.6 Å². The Morgan fingerprint density at radius 2 is 0.840 bits per heavy atom. The van der Waals surface area contributed by atoms with Crippen molar-refractivity contribution < 1.29 is 184 Å². The highest BCUT2D eigenvalue weighted by atomic mass is 127. The second-order valence-electron chi connectivity index (χ2n) is 29.2. The molecule has 0 aromatic carbocycles. The lowest BCUT2D eigenvalue weighted by Crippen LogP contribution is -2.68. The molecule has 10 fully saturated rings. The molecule has 38 heteroatoms. The molecule has 6 aliphatic heterocycles. The number of rotatable bonds is 25. The molecule has 10 aliphatic rings. The maximum Gasteiger partial charge on any atom is 0.190 e. The van der Waals surface area contributed by atoms with Gasteiger partial charge >= 0.3 is 0 Å². The molecular formula is C62H103IO37. The van der Waals surface area contributed by atoms with Crippen molar-refractivity contribution in [2.45, 2.75) is 303 Å². The van der Waals surface area contributed by atoms with Crippen LogP contribution in [0, 0.1) is 28.1 Å². The fourth-order valence-corrected chi connectivity index (χ4v) is 18.0. The molecule has 10 rings (SSSR count). The number of hydrogen-bond acceptors (Lipinski definition) is 37. The second kappa shape index (κ2) is 32.7. The fraction of sp³-hybridized carbons (Fsp3) is 0.968. The normalized spacial score (nSPS) is 51.9. The number of fused-ring (bicyclic) bond motifs is 3. The zero-order valence-corrected chi connectivity index (χ0v) is 57.3. The average Bonchev–Trinajstić information content (AvgIpc) is 1.50. The van der Waals surface area contributed by atoms with Crippen LogP contribution in [0.1, 0.15) is 78.6 Å². The molecule has 0 radical (unpaired) electrons. The molecule has 6 heterocycles. The van der Waals surface area contributed by atoms with E-state index in [0.29, 0.717) is 50.5 Å². The lowest BCUT2D eigenvalue weighted by molar-refractivity contribution is -0.402. The molecule has 2 bridgehead atoms. The highest BCUT2D eigenvalue weighted by Crippen LogP contribution is 2.74. The van der Waals surface area contributed by atoms with Crippen molar-refractivity contribution in [2.75, 3.05) is 39.6 Å². The third-order valence-electron chi connectivity index (χ3n) is 23.2. The van der Waals surface area contributed by atoms with Crippen molar-refractivity contribution >= 4 is 22.6 Å². The first-order valence-corrected chi connectivity index (χ1v) is 35.2. The molecule has 0 aromatic rings. The Labute approximate surface area is 587 Å². The van der Waals surface area contributed by atoms with Crippen LogP contribution in [0.2, 0.25) is 0 Å². The summed E-state index contributed by atoms with van der Waals surface area (Å²) in [5.41, 5.74) is -3.22. The predicted octanol–water partition coefficient (Wildman–Crippen LogP) is -10.4. The van der Waals surface area contributed by atoms with E-state index in [1.165, 1.54) is 6.92 Å². The van der Waals surface area contributed by atoms with Crippen molar-refractivity contribution in [2.24, 2.45) is 28.1 Å². The number of aliphatic hydroxyl groups excluding tert-OH is 24. The Morgan fingerprint density at radius 3 is 1.30 bits per heavy atom. The number of ether oxygens (including phenoxy) is 13. The van der Waals surface area contributed by atoms with E-state index in [1.54, 1.807) is 29.5 Å². The second-order valence-corrected chi connectivity index (χ2v) is 31.2. The summed E-state index contributed by atoms with van der Waals surface area (Å²) in [6.45, 7) is 4.41. The van der Waals surface area contributed by atoms with Gasteiger partial charge in [0, 0.05) is 9.34 Å². The Kier molecular flexibility index (Phi) is 26.6. The number of hydrogen-bond donors (Lipinski definition) is 24. The lowest BCUT2D eigenvalue weighted by Gasteiger charge is -2.65. The molecule has 37 unspecified atom stereocenters. The summed E-state index contributed by atoms with van der Waals surface area (Å²) in [4.78, 5) is 0. The summed E-state index contributed by atoms with van der Waals surface area (Å²) in [6, 6.07) is 0. The fourth-order valence-electron chi connectivity index (χ4n) is 17.6. The third-order valence-corrected chi connectivity index (χ3v) is 24.0. The maximum absolute atomic E-state index is 12.9. The molecule has 24 N–H and O–H groups in total. The number of alkyl halides is 1. The van der Waals surface area contributed by atoms with Crippen molar-refractivity contribution in [1.29, 1.82) is 0 Å². The predicted molar refractivity (Wildman–Crippen MR) is 332 cm³/mol. The number of aliphatic hydroxyl groups is 24. The molecule has 37 nitrogen and oxygen atoms in total. The summed E-state index contributed by atoms with van der Waals surface area (Å²) < 4.78 is 78.2. The zero-order chi connectivity index (χ0) is 73.3. The first-order chi connectivity index (χ1) is 47.1. The highest BCUT2D eigenvalue weighted by Gasteiger charge is 2.70. The molecule has 0 aromatic heterocycles. The van der Waals surface area contributed by atoms with Gasteiger partial charge in [-0.1, -0.05) is 56.4 Å². The van der Waals surface area contributed by atoms with E-state index >= 15 is 0 Å². The van der Waals surface area contributed by atoms with Gasteiger partial charge in [-0.05, 0) is 79.6 Å². The molecular weight excluding hydrogens is 1460 g/mol. The van der Waals surface area contributed by atoms with E-state index in [0.717, 1.165) is 0 Å². The molecule has 580 valence electrons. The molecule has 0 amide bonds. The van der Waals surface area contributed by atoms with Gasteiger partial charge in [-0.2, -0.15) is 0 Å². The molecule has 4 saturated carbocycles. The van der Waals surface area contributed by atoms with Crippen LogP contribution in [-0.4, -0.2) is 387 Å². The Bertz CT molecular complexity index is 2640. The minimum atomic E-state index is -2.62. The van der Waals surface area contributed by atoms with E-state index in [9.17, 15) is 123 Å². The van der Waals surface area contributed by atoms with Gasteiger partial charge in [0.05, 0.1) is 51.3 Å². The minimum Gasteiger partial charge on any atom is -0.394 e. The van der Waals surface area contributed by atoms with Gasteiger partial charge in [0.15, 0.2) is 50.3 Å². The van der Waals surface area contributed by atoms with Crippen molar-refractivity contribution in [3.8, 4) is 0 Å². The van der Waals surface area contributed by atoms with Crippen molar-refractivity contribution in [3.05, 3.63) is 12.2 Å². The van der Waals surface area contributed by atoms with Gasteiger partial charge in [-0.25, -0.2) is 0 Å². The van der Waals surface area contributed by atoms with Gasteiger partial charge in [0.1, 0.15) is 159 Å². The average molecular weight is 1570 g/mol. The van der Waals surface area contributed by atoms with Gasteiger partial charge < -0.3 is 184 Å². The van der Waals surface area contributed by atoms with Crippen molar-refractivity contribution in [3.63, 3.8) is 0 Å². The molecule has 1 spiro atoms. The van der Waals surface area contributed by atoms with E-state index in [4.69, 9.17) is 61.6 Å². The zero-order valence-electron chi connectivity index (χ0n) is 55.2. The Hall–Kier alpha value is -1.01. The van der Waals surface area contributed by atoms with Crippen LogP contribution < -0.4 is 0 Å². The van der Waals surface area contributed by atoms with Crippen LogP contribution in [0.15, 0.2) is 12.2 Å². The molecule has 4 aliphatic carbocycles. The minimum absolute atomic E-state index is 0.174. The van der Waals surface area contributed by atoms with Gasteiger partial charge in [-0.3, -0.25) is 0 Å². The molecule has 6 saturated heterocycles. The van der Waals surface area contributed by atoms with E-state index in [2.05, 4.69) is 13.5 Å². The number of halogens is 1. The van der Waals surface area contributed by atoms with E-state index < -0.39 is 286 Å². The van der Waals surface area contributed by atoms with Crippen LogP contribution in [0.3, 0.4) is 0 Å². The van der Waals surface area contributed by atoms with Crippen LogP contribution >= 0.6 is 22.6 Å². The lowest BCUT2D eigenvalue weighted by atomic mass is 9.40. The summed E-state index contributed by atoms with van der Waals surface area (Å²) >= 11 is 1.75. The Balaban J connectivity index is 0.928. The monoisotopic (exact) mass is 1570 g/mol. The Morgan fingerprint density at radius 1 is 0.440 bits per heavy atom. The highest BCUT2D eigenvalue weighted by molar-refractivity contribution is 14.1. The summed E-state index contributed by atoms with van der Waals surface area (Å²) in [5.74, 6) is -0.591. The quantitative estimate of drug-likeness (QED) is 0.0133. The topological polar surface area (TPSA) is 606 Å². The van der Waals surface area contributed by atoms with Crippen LogP contribution in [0.25, 0.3) is 0 Å².